The summed E-state index contributed by atoms with van der Waals surface area (Å²) in [4.78, 5) is 4.61. The van der Waals surface area contributed by atoms with Crippen LogP contribution in [0.25, 0.3) is 0 Å². The summed E-state index contributed by atoms with van der Waals surface area (Å²) in [5.74, 6) is 0. The van der Waals surface area contributed by atoms with E-state index in [0.29, 0.717) is 0 Å². The van der Waals surface area contributed by atoms with Crippen LogP contribution in [0.3, 0.4) is 0 Å². The van der Waals surface area contributed by atoms with Gasteiger partial charge < -0.3 is 9.88 Å². The number of nitrogens with one attached hydrogen (secondary N) is 1. The van der Waals surface area contributed by atoms with Gasteiger partial charge in [0.15, 0.2) is 0 Å². The van der Waals surface area contributed by atoms with Crippen molar-refractivity contribution in [2.75, 3.05) is 6.54 Å². The predicted molar refractivity (Wildman–Crippen MR) is 81.9 cm³/mol. The molecule has 20 heavy (non-hydrogen) atoms. The smallest absolute Gasteiger partial charge is 0.0955 e. The van der Waals surface area contributed by atoms with Gasteiger partial charge in [-0.3, -0.25) is 0 Å². The van der Waals surface area contributed by atoms with Gasteiger partial charge in [0.25, 0.3) is 0 Å². The van der Waals surface area contributed by atoms with Crippen LogP contribution >= 0.6 is 0 Å². The molecule has 0 atom stereocenters. The molecule has 1 N–H and O–H groups in total. The normalized spacial score (nSPS) is 16.9. The van der Waals surface area contributed by atoms with E-state index in [2.05, 4.69) is 59.9 Å². The van der Waals surface area contributed by atoms with Crippen molar-refractivity contribution in [1.29, 1.82) is 0 Å². The maximum absolute atomic E-state index is 4.61. The number of benzene rings is 1. The van der Waals surface area contributed by atoms with Crippen molar-refractivity contribution in [3.63, 3.8) is 0 Å². The van der Waals surface area contributed by atoms with E-state index in [4.69, 9.17) is 0 Å². The zero-order valence-electron chi connectivity index (χ0n) is 12.6. The number of hydrogen-bond acceptors (Lipinski definition) is 2. The van der Waals surface area contributed by atoms with Gasteiger partial charge in [-0.05, 0) is 31.4 Å². The molecule has 1 aromatic heterocycles. The first-order valence-electron chi connectivity index (χ1n) is 7.47. The van der Waals surface area contributed by atoms with E-state index < -0.39 is 0 Å². The largest absolute Gasteiger partial charge is 0.328 e. The van der Waals surface area contributed by atoms with Gasteiger partial charge in [0.05, 0.1) is 23.3 Å². The third kappa shape index (κ3) is 2.38. The zero-order chi connectivity index (χ0) is 14.2. The third-order valence-corrected chi connectivity index (χ3v) is 4.22. The highest BCUT2D eigenvalue weighted by Crippen LogP contribution is 2.27. The molecular formula is C17H23N3. The Balaban J connectivity index is 1.90. The molecule has 0 radical (unpaired) electrons. The van der Waals surface area contributed by atoms with E-state index in [1.54, 1.807) is 0 Å². The van der Waals surface area contributed by atoms with Crippen molar-refractivity contribution in [2.24, 2.45) is 0 Å². The summed E-state index contributed by atoms with van der Waals surface area (Å²) in [5.41, 5.74) is 5.32. The molecule has 0 saturated heterocycles. The number of rotatable bonds is 3. The van der Waals surface area contributed by atoms with Crippen molar-refractivity contribution in [2.45, 2.75) is 45.7 Å². The molecule has 3 rings (SSSR count). The highest BCUT2D eigenvalue weighted by molar-refractivity contribution is 5.28. The van der Waals surface area contributed by atoms with E-state index in [1.165, 1.54) is 22.5 Å². The molecule has 0 bridgehead atoms. The van der Waals surface area contributed by atoms with Gasteiger partial charge in [0, 0.05) is 19.5 Å². The van der Waals surface area contributed by atoms with Gasteiger partial charge in [-0.2, -0.15) is 0 Å². The van der Waals surface area contributed by atoms with E-state index in [1.807, 2.05) is 6.33 Å². The molecule has 0 spiro atoms. The van der Waals surface area contributed by atoms with Crippen LogP contribution in [-0.4, -0.2) is 16.1 Å². The van der Waals surface area contributed by atoms with Gasteiger partial charge in [-0.15, -0.1) is 0 Å². The van der Waals surface area contributed by atoms with Crippen LogP contribution < -0.4 is 5.32 Å². The van der Waals surface area contributed by atoms with Crippen LogP contribution in [0.15, 0.2) is 30.6 Å². The molecule has 2 heterocycles. The monoisotopic (exact) mass is 269 g/mol. The van der Waals surface area contributed by atoms with E-state index >= 15 is 0 Å². The topological polar surface area (TPSA) is 29.9 Å². The highest BCUT2D eigenvalue weighted by Gasteiger charge is 2.31. The van der Waals surface area contributed by atoms with Crippen LogP contribution in [0.5, 0.6) is 0 Å². The molecule has 0 saturated carbocycles. The fraction of sp³-hybridized carbons (Fsp3) is 0.471. The first kappa shape index (κ1) is 13.4. The minimum absolute atomic E-state index is 0.00738. The molecule has 0 unspecified atom stereocenters. The van der Waals surface area contributed by atoms with Crippen LogP contribution in [0.2, 0.25) is 0 Å². The number of aryl methyl sites for hydroxylation is 1. The van der Waals surface area contributed by atoms with Crippen molar-refractivity contribution >= 4 is 0 Å². The van der Waals surface area contributed by atoms with Gasteiger partial charge >= 0.3 is 0 Å². The molecule has 0 fully saturated rings. The van der Waals surface area contributed by atoms with Crippen LogP contribution in [0, 0.1) is 0 Å². The molecule has 1 aromatic carbocycles. The molecular weight excluding hydrogens is 246 g/mol. The Labute approximate surface area is 121 Å². The molecule has 0 aliphatic carbocycles. The summed E-state index contributed by atoms with van der Waals surface area (Å²) < 4.78 is 2.29. The highest BCUT2D eigenvalue weighted by atomic mass is 15.1. The Morgan fingerprint density at radius 1 is 1.20 bits per heavy atom. The van der Waals surface area contributed by atoms with Crippen LogP contribution in [-0.2, 0) is 24.9 Å². The van der Waals surface area contributed by atoms with Gasteiger partial charge in [0.2, 0.25) is 0 Å². The molecule has 3 nitrogen and oxygen atoms in total. The lowest BCUT2D eigenvalue weighted by Crippen LogP contribution is -2.44. The Bertz CT molecular complexity index is 593. The fourth-order valence-corrected chi connectivity index (χ4v) is 3.10. The first-order chi connectivity index (χ1) is 9.60. The second kappa shape index (κ2) is 5.06. The van der Waals surface area contributed by atoms with Crippen molar-refractivity contribution in [3.05, 3.63) is 53.1 Å². The van der Waals surface area contributed by atoms with E-state index in [-0.39, 0.29) is 5.54 Å². The Hall–Kier alpha value is -1.61. The van der Waals surface area contributed by atoms with E-state index in [0.717, 1.165) is 25.9 Å². The number of fused-ring (bicyclic) bond motifs is 1. The number of nitrogens with zero attached hydrogens (tertiary/aromatic N) is 2. The lowest BCUT2D eigenvalue weighted by atomic mass is 9.93. The second-order valence-corrected chi connectivity index (χ2v) is 6.14. The van der Waals surface area contributed by atoms with Crippen LogP contribution in [0.4, 0.5) is 0 Å². The summed E-state index contributed by atoms with van der Waals surface area (Å²) in [6, 6.07) is 8.91. The summed E-state index contributed by atoms with van der Waals surface area (Å²) in [6.45, 7) is 8.59. The van der Waals surface area contributed by atoms with Crippen molar-refractivity contribution in [3.8, 4) is 0 Å². The maximum Gasteiger partial charge on any atom is 0.0955 e. The molecule has 0 amide bonds. The molecule has 3 heteroatoms. The molecule has 1 aliphatic rings. The van der Waals surface area contributed by atoms with E-state index in [9.17, 15) is 0 Å². The fourth-order valence-electron chi connectivity index (χ4n) is 3.10. The van der Waals surface area contributed by atoms with Crippen LogP contribution in [0.1, 0.15) is 43.3 Å². The SMILES string of the molecule is CCc1ccc(Cn2cnc3c2C(C)(C)NCC3)cc1. The molecule has 2 aromatic rings. The average Bonchev–Trinajstić information content (AvgIpc) is 2.84. The van der Waals surface area contributed by atoms with Gasteiger partial charge in [-0.1, -0.05) is 31.2 Å². The number of aromatic nitrogens is 2. The minimum Gasteiger partial charge on any atom is -0.328 e. The summed E-state index contributed by atoms with van der Waals surface area (Å²) in [6.07, 6.45) is 4.12. The lowest BCUT2D eigenvalue weighted by Gasteiger charge is -2.32. The Morgan fingerprint density at radius 2 is 1.90 bits per heavy atom. The summed E-state index contributed by atoms with van der Waals surface area (Å²) in [5, 5.41) is 3.58. The average molecular weight is 269 g/mol. The standard InChI is InChI=1S/C17H23N3/c1-4-13-5-7-14(8-6-13)11-20-12-18-15-9-10-19-17(2,3)16(15)20/h5-8,12,19H,4,9-11H2,1-3H3. The summed E-state index contributed by atoms with van der Waals surface area (Å²) >= 11 is 0. The third-order valence-electron chi connectivity index (χ3n) is 4.22. The van der Waals surface area contributed by atoms with Gasteiger partial charge in [-0.25, -0.2) is 4.98 Å². The van der Waals surface area contributed by atoms with Crippen molar-refractivity contribution in [1.82, 2.24) is 14.9 Å². The molecule has 106 valence electrons. The Morgan fingerprint density at radius 3 is 2.60 bits per heavy atom. The quantitative estimate of drug-likeness (QED) is 0.928. The summed E-state index contributed by atoms with van der Waals surface area (Å²) in [7, 11) is 0. The van der Waals surface area contributed by atoms with Gasteiger partial charge in [0.1, 0.15) is 0 Å². The lowest BCUT2D eigenvalue weighted by molar-refractivity contribution is 0.357. The first-order valence-corrected chi connectivity index (χ1v) is 7.47. The predicted octanol–water partition coefficient (Wildman–Crippen LogP) is 2.87. The number of hydrogen-bond donors (Lipinski definition) is 1. The minimum atomic E-state index is 0.00738. The number of imidazole rings is 1. The second-order valence-electron chi connectivity index (χ2n) is 6.14. The molecule has 1 aliphatic heterocycles. The Kier molecular flexibility index (Phi) is 3.38. The van der Waals surface area contributed by atoms with Crippen molar-refractivity contribution < 1.29 is 0 Å². The maximum atomic E-state index is 4.61. The zero-order valence-corrected chi connectivity index (χ0v) is 12.6.